The van der Waals surface area contributed by atoms with Gasteiger partial charge in [0, 0.05) is 25.3 Å². The van der Waals surface area contributed by atoms with Gasteiger partial charge in [0.25, 0.3) is 5.91 Å². The van der Waals surface area contributed by atoms with Gasteiger partial charge in [0.05, 0.1) is 17.1 Å². The molecule has 1 aromatic heterocycles. The number of anilines is 1. The van der Waals surface area contributed by atoms with Crippen molar-refractivity contribution in [1.29, 1.82) is 0 Å². The number of alkyl halides is 3. The number of nitrogens with one attached hydrogen (secondary N) is 1. The van der Waals surface area contributed by atoms with Crippen molar-refractivity contribution in [2.75, 3.05) is 29.9 Å². The molecule has 4 rings (SSSR count). The van der Waals surface area contributed by atoms with Gasteiger partial charge in [0.1, 0.15) is 0 Å². The molecule has 1 saturated heterocycles. The Kier molecular flexibility index (Phi) is 5.26. The van der Waals surface area contributed by atoms with E-state index in [1.807, 2.05) is 0 Å². The van der Waals surface area contributed by atoms with E-state index in [9.17, 15) is 27.1 Å². The Balaban J connectivity index is 1.58. The summed E-state index contributed by atoms with van der Waals surface area (Å²) in [6.45, 7) is 6.55. The van der Waals surface area contributed by atoms with Crippen molar-refractivity contribution in [1.82, 2.24) is 14.9 Å². The normalized spacial score (nSPS) is 32.7. The zero-order valence-electron chi connectivity index (χ0n) is 17.9. The van der Waals surface area contributed by atoms with Gasteiger partial charge in [-0.15, -0.1) is 0 Å². The smallest absolute Gasteiger partial charge is 0.351 e. The summed E-state index contributed by atoms with van der Waals surface area (Å²) in [6.07, 6.45) is -0.909. The van der Waals surface area contributed by atoms with Crippen LogP contribution in [-0.4, -0.2) is 60.5 Å². The monoisotopic (exact) mass is 462 g/mol. The van der Waals surface area contributed by atoms with E-state index >= 15 is 0 Å². The number of rotatable bonds is 3. The van der Waals surface area contributed by atoms with Gasteiger partial charge >= 0.3 is 6.18 Å². The summed E-state index contributed by atoms with van der Waals surface area (Å²) in [7, 11) is -2.77. The van der Waals surface area contributed by atoms with Crippen LogP contribution in [0.5, 0.6) is 0 Å². The Morgan fingerprint density at radius 1 is 1.26 bits per heavy atom. The third kappa shape index (κ3) is 3.78. The molecule has 2 aliphatic carbocycles. The average molecular weight is 463 g/mol. The molecular weight excluding hydrogens is 433 g/mol. The van der Waals surface area contributed by atoms with Crippen molar-refractivity contribution in [2.45, 2.75) is 52.3 Å². The van der Waals surface area contributed by atoms with Gasteiger partial charge in [-0.3, -0.25) is 13.9 Å². The van der Waals surface area contributed by atoms with E-state index in [-0.39, 0.29) is 47.4 Å². The molecule has 3 N–H and O–H groups in total. The van der Waals surface area contributed by atoms with Gasteiger partial charge in [-0.2, -0.15) is 23.8 Å². The van der Waals surface area contributed by atoms with Gasteiger partial charge in [-0.05, 0) is 36.0 Å². The van der Waals surface area contributed by atoms with Crippen LogP contribution in [0.1, 0.15) is 56.1 Å². The number of carbonyl (C=O) groups excluding carboxylic acids is 1. The zero-order valence-corrected chi connectivity index (χ0v) is 18.7. The van der Waals surface area contributed by atoms with Crippen LogP contribution < -0.4 is 5.32 Å². The standard InChI is InChI=1S/C20H29F3N4O3S/c1-18(2)12-4-5-19(18,3)14(10-12)25-17-24-11-13(15(26-17)20(21,22)23)16(28)27-6-8-31(29,30)9-7-27/h11-12,14,29-30H,4-10H2,1-3H3,(H,24,25,26)/t12-,14+,19+/m1/s1. The van der Waals surface area contributed by atoms with E-state index < -0.39 is 33.9 Å². The highest BCUT2D eigenvalue weighted by molar-refractivity contribution is 8.24. The third-order valence-corrected chi connectivity index (χ3v) is 9.72. The lowest BCUT2D eigenvalue weighted by Crippen LogP contribution is -2.43. The van der Waals surface area contributed by atoms with Crippen molar-refractivity contribution in [3.05, 3.63) is 17.5 Å². The van der Waals surface area contributed by atoms with Gasteiger partial charge < -0.3 is 10.2 Å². The fourth-order valence-electron chi connectivity index (χ4n) is 5.50. The molecule has 2 bridgehead atoms. The van der Waals surface area contributed by atoms with E-state index in [0.717, 1.165) is 25.5 Å². The predicted molar refractivity (Wildman–Crippen MR) is 112 cm³/mol. The molecule has 0 spiro atoms. The summed E-state index contributed by atoms with van der Waals surface area (Å²) in [5, 5.41) is 3.13. The highest BCUT2D eigenvalue weighted by Crippen LogP contribution is 2.65. The molecule has 2 saturated carbocycles. The maximum absolute atomic E-state index is 13.8. The molecule has 3 aliphatic rings. The van der Waals surface area contributed by atoms with E-state index in [0.29, 0.717) is 5.92 Å². The Hall–Kier alpha value is -1.59. The Morgan fingerprint density at radius 2 is 1.90 bits per heavy atom. The summed E-state index contributed by atoms with van der Waals surface area (Å²) >= 11 is 0. The highest BCUT2D eigenvalue weighted by atomic mass is 32.3. The third-order valence-electron chi connectivity index (χ3n) is 8.05. The average Bonchev–Trinajstić information content (AvgIpc) is 3.00. The Labute approximate surface area is 181 Å². The molecule has 31 heavy (non-hydrogen) atoms. The number of amides is 1. The van der Waals surface area contributed by atoms with Gasteiger partial charge in [-0.25, -0.2) is 9.97 Å². The largest absolute Gasteiger partial charge is 0.434 e. The minimum Gasteiger partial charge on any atom is -0.351 e. The molecule has 1 amide bonds. The summed E-state index contributed by atoms with van der Waals surface area (Å²) in [5.74, 6) is -0.548. The van der Waals surface area contributed by atoms with Crippen LogP contribution in [0.15, 0.2) is 6.20 Å². The fraction of sp³-hybridized carbons (Fsp3) is 0.750. The first-order valence-electron chi connectivity index (χ1n) is 10.5. The maximum atomic E-state index is 13.8. The van der Waals surface area contributed by atoms with Gasteiger partial charge in [0.2, 0.25) is 5.95 Å². The van der Waals surface area contributed by atoms with Crippen molar-refractivity contribution in [3.63, 3.8) is 0 Å². The first-order valence-corrected chi connectivity index (χ1v) is 12.4. The number of carbonyl (C=O) groups is 1. The number of halogens is 3. The van der Waals surface area contributed by atoms with Crippen LogP contribution in [0.3, 0.4) is 0 Å². The molecule has 3 atom stereocenters. The molecule has 2 heterocycles. The number of hydrogen-bond acceptors (Lipinski definition) is 6. The second-order valence-electron chi connectivity index (χ2n) is 9.76. The zero-order chi connectivity index (χ0) is 22.8. The van der Waals surface area contributed by atoms with Crippen molar-refractivity contribution < 1.29 is 27.1 Å². The van der Waals surface area contributed by atoms with Crippen LogP contribution in [0.4, 0.5) is 19.1 Å². The predicted octanol–water partition coefficient (Wildman–Crippen LogP) is 4.33. The van der Waals surface area contributed by atoms with E-state index in [1.54, 1.807) is 0 Å². The van der Waals surface area contributed by atoms with Crippen LogP contribution >= 0.6 is 10.6 Å². The van der Waals surface area contributed by atoms with Gasteiger partial charge in [0.15, 0.2) is 5.69 Å². The fourth-order valence-corrected chi connectivity index (χ4v) is 6.73. The van der Waals surface area contributed by atoms with Crippen molar-refractivity contribution in [3.8, 4) is 0 Å². The first kappa shape index (κ1) is 22.6. The van der Waals surface area contributed by atoms with E-state index in [4.69, 9.17) is 0 Å². The molecule has 1 aliphatic heterocycles. The molecule has 7 nitrogen and oxygen atoms in total. The SMILES string of the molecule is CC1(C)[C@@H]2CC[C@@]1(C)[C@@H](Nc1ncc(C(=O)N3CCS(O)(O)CC3)c(C(F)(F)F)n1)C2. The summed E-state index contributed by atoms with van der Waals surface area (Å²) in [6, 6.07) is -0.0313. The molecule has 0 aromatic carbocycles. The minimum absolute atomic E-state index is 0.0185. The minimum atomic E-state index is -4.82. The number of hydrogen-bond donors (Lipinski definition) is 3. The molecular formula is C20H29F3N4O3S. The lowest BCUT2D eigenvalue weighted by Gasteiger charge is -2.41. The number of fused-ring (bicyclic) bond motifs is 2. The summed E-state index contributed by atoms with van der Waals surface area (Å²) < 4.78 is 60.7. The Bertz CT molecular complexity index is 885. The van der Waals surface area contributed by atoms with Crippen LogP contribution in [0.2, 0.25) is 0 Å². The second-order valence-corrected chi connectivity index (χ2v) is 12.2. The Morgan fingerprint density at radius 3 is 2.42 bits per heavy atom. The molecule has 0 unspecified atom stereocenters. The van der Waals surface area contributed by atoms with Crippen LogP contribution in [0.25, 0.3) is 0 Å². The highest BCUT2D eigenvalue weighted by Gasteiger charge is 2.61. The van der Waals surface area contributed by atoms with Crippen molar-refractivity contribution in [2.24, 2.45) is 16.7 Å². The quantitative estimate of drug-likeness (QED) is 0.619. The molecule has 0 radical (unpaired) electrons. The molecule has 1 aromatic rings. The molecule has 3 fully saturated rings. The number of aromatic nitrogens is 2. The first-order chi connectivity index (χ1) is 14.2. The molecule has 11 heteroatoms. The van der Waals surface area contributed by atoms with Crippen LogP contribution in [0, 0.1) is 16.7 Å². The van der Waals surface area contributed by atoms with E-state index in [2.05, 4.69) is 36.1 Å². The van der Waals surface area contributed by atoms with Gasteiger partial charge in [-0.1, -0.05) is 20.8 Å². The molecule has 174 valence electrons. The lowest BCUT2D eigenvalue weighted by atomic mass is 9.69. The second kappa shape index (κ2) is 7.21. The number of nitrogens with zero attached hydrogens (tertiary/aromatic N) is 3. The lowest BCUT2D eigenvalue weighted by molar-refractivity contribution is -0.141. The summed E-state index contributed by atoms with van der Waals surface area (Å²) in [4.78, 5) is 21.7. The van der Waals surface area contributed by atoms with Crippen molar-refractivity contribution >= 4 is 22.4 Å². The topological polar surface area (TPSA) is 98.6 Å². The van der Waals surface area contributed by atoms with Crippen LogP contribution in [-0.2, 0) is 6.18 Å². The summed E-state index contributed by atoms with van der Waals surface area (Å²) in [5.41, 5.74) is -1.86. The van der Waals surface area contributed by atoms with E-state index in [1.165, 1.54) is 4.90 Å². The maximum Gasteiger partial charge on any atom is 0.434 e.